The number of primary amides is 1. The molecule has 0 saturated carbocycles. The summed E-state index contributed by atoms with van der Waals surface area (Å²) in [6.45, 7) is -0.572. The van der Waals surface area contributed by atoms with Gasteiger partial charge in [-0.15, -0.1) is 0 Å². The Hall–Kier alpha value is -2.02. The Balaban J connectivity index is 2.94. The summed E-state index contributed by atoms with van der Waals surface area (Å²) < 4.78 is 25.5. The number of rotatable bonds is 5. The van der Waals surface area contributed by atoms with Crippen LogP contribution < -0.4 is 10.5 Å². The summed E-state index contributed by atoms with van der Waals surface area (Å²) in [6, 6.07) is 4.16. The van der Waals surface area contributed by atoms with Crippen LogP contribution in [0.5, 0.6) is 0 Å². The third kappa shape index (κ3) is 3.24. The number of hydrogen-bond acceptors (Lipinski definition) is 6. The molecule has 1 heterocycles. The van der Waals surface area contributed by atoms with Crippen molar-refractivity contribution in [2.24, 2.45) is 5.73 Å². The van der Waals surface area contributed by atoms with Crippen LogP contribution in [0.2, 0.25) is 0 Å². The number of nitriles is 1. The number of nitrogens with two attached hydrogens (primary N) is 1. The summed E-state index contributed by atoms with van der Waals surface area (Å²) in [7, 11) is -4.03. The predicted octanol–water partition coefficient (Wildman–Crippen LogP) is -1.92. The molecular weight excluding hydrogens is 260 g/mol. The number of nitrogens with one attached hydrogen (secondary N) is 1. The zero-order valence-electron chi connectivity index (χ0n) is 9.07. The number of hydrogen-bond donors (Lipinski definition) is 3. The van der Waals surface area contributed by atoms with Gasteiger partial charge in [0.25, 0.3) is 0 Å². The number of aliphatic hydroxyl groups excluding tert-OH is 1. The highest BCUT2D eigenvalue weighted by atomic mass is 32.2. The minimum absolute atomic E-state index is 0.279. The Bertz CT molecular complexity index is 593. The molecule has 96 valence electrons. The van der Waals surface area contributed by atoms with Crippen LogP contribution >= 0.6 is 0 Å². The minimum atomic E-state index is -4.03. The van der Waals surface area contributed by atoms with Crippen molar-refractivity contribution >= 4 is 15.9 Å². The highest BCUT2D eigenvalue weighted by Crippen LogP contribution is 2.11. The molecule has 0 fully saturated rings. The van der Waals surface area contributed by atoms with E-state index < -0.39 is 28.6 Å². The number of amides is 1. The third-order valence-electron chi connectivity index (χ3n) is 1.96. The summed E-state index contributed by atoms with van der Waals surface area (Å²) in [4.78, 5) is 13.8. The molecule has 1 amide bonds. The topological polar surface area (TPSA) is 146 Å². The lowest BCUT2D eigenvalue weighted by Gasteiger charge is -2.09. The van der Waals surface area contributed by atoms with Gasteiger partial charge >= 0.3 is 0 Å². The van der Waals surface area contributed by atoms with Gasteiger partial charge in [0.15, 0.2) is 5.69 Å². The molecule has 1 atom stereocenters. The monoisotopic (exact) mass is 270 g/mol. The molecular formula is C9H10N4O4S. The van der Waals surface area contributed by atoms with Crippen molar-refractivity contribution in [3.8, 4) is 6.07 Å². The Morgan fingerprint density at radius 1 is 1.67 bits per heavy atom. The van der Waals surface area contributed by atoms with Crippen LogP contribution in [-0.4, -0.2) is 37.1 Å². The molecule has 0 saturated heterocycles. The van der Waals surface area contributed by atoms with E-state index in [2.05, 4.69) is 4.98 Å². The minimum Gasteiger partial charge on any atom is -0.382 e. The quantitative estimate of drug-likeness (QED) is 0.568. The normalized spacial score (nSPS) is 12.7. The highest BCUT2D eigenvalue weighted by Gasteiger charge is 2.21. The van der Waals surface area contributed by atoms with Gasteiger partial charge in [-0.25, -0.2) is 18.1 Å². The molecule has 1 unspecified atom stereocenters. The molecule has 1 aromatic heterocycles. The van der Waals surface area contributed by atoms with Gasteiger partial charge in [-0.1, -0.05) is 0 Å². The first kappa shape index (κ1) is 14.0. The summed E-state index contributed by atoms with van der Waals surface area (Å²) in [5.41, 5.74) is 4.49. The average Bonchev–Trinajstić information content (AvgIpc) is 2.35. The molecule has 0 radical (unpaired) electrons. The van der Waals surface area contributed by atoms with Crippen molar-refractivity contribution in [3.05, 3.63) is 24.0 Å². The van der Waals surface area contributed by atoms with Crippen molar-refractivity contribution in [2.75, 3.05) is 6.54 Å². The van der Waals surface area contributed by atoms with Gasteiger partial charge in [-0.05, 0) is 12.1 Å². The van der Waals surface area contributed by atoms with E-state index in [0.29, 0.717) is 0 Å². The number of carbonyl (C=O) groups excluding carboxylic acids is 1. The lowest BCUT2D eigenvalue weighted by atomic mass is 10.3. The molecule has 0 aliphatic rings. The smallest absolute Gasteiger partial charge is 0.247 e. The summed E-state index contributed by atoms with van der Waals surface area (Å²) in [5.74, 6) is -1.05. The maximum Gasteiger partial charge on any atom is 0.247 e. The Labute approximate surface area is 103 Å². The van der Waals surface area contributed by atoms with Crippen molar-refractivity contribution in [1.82, 2.24) is 9.71 Å². The van der Waals surface area contributed by atoms with E-state index in [-0.39, 0.29) is 10.6 Å². The van der Waals surface area contributed by atoms with E-state index in [1.807, 2.05) is 4.72 Å². The number of aliphatic hydroxyl groups is 1. The number of sulfonamides is 1. The van der Waals surface area contributed by atoms with Gasteiger partial charge in [0.1, 0.15) is 17.1 Å². The number of nitrogens with zero attached hydrogens (tertiary/aromatic N) is 2. The summed E-state index contributed by atoms with van der Waals surface area (Å²) in [6.07, 6.45) is -0.363. The predicted molar refractivity (Wildman–Crippen MR) is 59.3 cm³/mol. The Morgan fingerprint density at radius 2 is 2.33 bits per heavy atom. The number of aromatic nitrogens is 1. The number of carbonyl (C=O) groups is 1. The average molecular weight is 270 g/mol. The van der Waals surface area contributed by atoms with Gasteiger partial charge in [-0.3, -0.25) is 4.79 Å². The first-order chi connectivity index (χ1) is 8.38. The molecule has 8 nitrogen and oxygen atoms in total. The summed E-state index contributed by atoms with van der Waals surface area (Å²) >= 11 is 0. The fraction of sp³-hybridized carbons (Fsp3) is 0.222. The van der Waals surface area contributed by atoms with E-state index in [1.54, 1.807) is 6.07 Å². The maximum atomic E-state index is 11.8. The maximum absolute atomic E-state index is 11.8. The molecule has 0 spiro atoms. The first-order valence-electron chi connectivity index (χ1n) is 4.70. The highest BCUT2D eigenvalue weighted by molar-refractivity contribution is 7.89. The van der Waals surface area contributed by atoms with E-state index >= 15 is 0 Å². The van der Waals surface area contributed by atoms with Crippen LogP contribution in [0.4, 0.5) is 0 Å². The molecule has 1 aromatic rings. The van der Waals surface area contributed by atoms with Gasteiger partial charge in [0.05, 0.1) is 0 Å². The number of pyridine rings is 1. The van der Waals surface area contributed by atoms with Crippen LogP contribution in [0, 0.1) is 11.3 Å². The van der Waals surface area contributed by atoms with E-state index in [4.69, 9.17) is 16.1 Å². The third-order valence-corrected chi connectivity index (χ3v) is 3.42. The van der Waals surface area contributed by atoms with Gasteiger partial charge < -0.3 is 10.8 Å². The van der Waals surface area contributed by atoms with E-state index in [9.17, 15) is 13.2 Å². The van der Waals surface area contributed by atoms with Crippen molar-refractivity contribution in [1.29, 1.82) is 5.26 Å². The second kappa shape index (κ2) is 5.54. The zero-order valence-corrected chi connectivity index (χ0v) is 9.88. The second-order valence-electron chi connectivity index (χ2n) is 3.23. The summed E-state index contributed by atoms with van der Waals surface area (Å²) in [5, 5.41) is 17.8. The van der Waals surface area contributed by atoms with Crippen LogP contribution in [0.3, 0.4) is 0 Å². The van der Waals surface area contributed by atoms with Crippen LogP contribution in [0.25, 0.3) is 0 Å². The fourth-order valence-corrected chi connectivity index (χ4v) is 2.20. The van der Waals surface area contributed by atoms with Gasteiger partial charge in [0, 0.05) is 12.7 Å². The lowest BCUT2D eigenvalue weighted by molar-refractivity contribution is -0.125. The van der Waals surface area contributed by atoms with Crippen molar-refractivity contribution < 1.29 is 18.3 Å². The van der Waals surface area contributed by atoms with Gasteiger partial charge in [0.2, 0.25) is 15.9 Å². The molecule has 1 rings (SSSR count). The zero-order chi connectivity index (χ0) is 13.8. The molecule has 0 bridgehead atoms. The SMILES string of the molecule is N#Cc1ncccc1S(=O)(=O)NCC(O)C(N)=O. The van der Waals surface area contributed by atoms with Gasteiger partial charge in [-0.2, -0.15) is 5.26 Å². The first-order valence-corrected chi connectivity index (χ1v) is 6.19. The lowest BCUT2D eigenvalue weighted by Crippen LogP contribution is -2.40. The molecule has 18 heavy (non-hydrogen) atoms. The van der Waals surface area contributed by atoms with Crippen LogP contribution in [0.1, 0.15) is 5.69 Å². The van der Waals surface area contributed by atoms with Crippen molar-refractivity contribution in [3.63, 3.8) is 0 Å². The molecule has 0 aliphatic heterocycles. The Kier molecular flexibility index (Phi) is 4.33. The largest absolute Gasteiger partial charge is 0.382 e. The molecule has 9 heteroatoms. The second-order valence-corrected chi connectivity index (χ2v) is 4.97. The fourth-order valence-electron chi connectivity index (χ4n) is 1.06. The van der Waals surface area contributed by atoms with Crippen LogP contribution in [0.15, 0.2) is 23.2 Å². The Morgan fingerprint density at radius 3 is 2.89 bits per heavy atom. The molecule has 0 aliphatic carbocycles. The molecule has 4 N–H and O–H groups in total. The van der Waals surface area contributed by atoms with Crippen molar-refractivity contribution in [2.45, 2.75) is 11.0 Å². The van der Waals surface area contributed by atoms with E-state index in [0.717, 1.165) is 0 Å². The molecule has 0 aromatic carbocycles. The van der Waals surface area contributed by atoms with Crippen LogP contribution in [-0.2, 0) is 14.8 Å². The van der Waals surface area contributed by atoms with E-state index in [1.165, 1.54) is 18.3 Å². The standard InChI is InChI=1S/C9H10N4O4S/c10-4-6-8(2-1-3-12-6)18(16,17)13-5-7(14)9(11)15/h1-3,7,13-14H,5H2,(H2,11,15).